The van der Waals surface area contributed by atoms with Crippen molar-refractivity contribution in [3.8, 4) is 0 Å². The molecule has 1 amide bonds. The van der Waals surface area contributed by atoms with Gasteiger partial charge in [0.1, 0.15) is 0 Å². The highest BCUT2D eigenvalue weighted by Gasteiger charge is 2.15. The van der Waals surface area contributed by atoms with Gasteiger partial charge in [-0.2, -0.15) is 0 Å². The summed E-state index contributed by atoms with van der Waals surface area (Å²) in [6.45, 7) is 5.61. The van der Waals surface area contributed by atoms with E-state index in [1.165, 1.54) is 6.07 Å². The first-order valence-corrected chi connectivity index (χ1v) is 7.58. The maximum atomic E-state index is 12.3. The topological polar surface area (TPSA) is 66.4 Å². The van der Waals surface area contributed by atoms with Gasteiger partial charge in [-0.15, -0.1) is 0 Å². The van der Waals surface area contributed by atoms with Crippen LogP contribution in [0.4, 0.5) is 5.69 Å². The van der Waals surface area contributed by atoms with E-state index in [1.54, 1.807) is 13.0 Å². The highest BCUT2D eigenvalue weighted by atomic mass is 16.4. The van der Waals surface area contributed by atoms with Crippen LogP contribution in [0.25, 0.3) is 0 Å². The molecule has 1 atom stereocenters. The van der Waals surface area contributed by atoms with Crippen molar-refractivity contribution in [3.63, 3.8) is 0 Å². The molecule has 4 nitrogen and oxygen atoms in total. The van der Waals surface area contributed by atoms with Crippen LogP contribution < -0.4 is 5.32 Å². The number of carbonyl (C=O) groups is 2. The molecule has 0 fully saturated rings. The fraction of sp³-hybridized carbons (Fsp3) is 0.263. The highest BCUT2D eigenvalue weighted by Crippen LogP contribution is 2.23. The Kier molecular flexibility index (Phi) is 5.16. The minimum Gasteiger partial charge on any atom is -0.478 e. The van der Waals surface area contributed by atoms with Crippen molar-refractivity contribution in [2.45, 2.75) is 33.1 Å². The fourth-order valence-corrected chi connectivity index (χ4v) is 2.60. The molecule has 1 unspecified atom stereocenters. The minimum atomic E-state index is -0.990. The van der Waals surface area contributed by atoms with Crippen LogP contribution in [-0.4, -0.2) is 17.0 Å². The van der Waals surface area contributed by atoms with Crippen molar-refractivity contribution in [3.05, 3.63) is 64.7 Å². The van der Waals surface area contributed by atoms with Crippen molar-refractivity contribution >= 4 is 17.6 Å². The zero-order valence-electron chi connectivity index (χ0n) is 13.6. The lowest BCUT2D eigenvalue weighted by Gasteiger charge is -2.14. The molecule has 0 heterocycles. The number of carboxylic acids is 1. The van der Waals surface area contributed by atoms with Gasteiger partial charge in [0.25, 0.3) is 0 Å². The zero-order valence-corrected chi connectivity index (χ0v) is 13.6. The number of hydrogen-bond acceptors (Lipinski definition) is 2. The van der Waals surface area contributed by atoms with E-state index >= 15 is 0 Å². The van der Waals surface area contributed by atoms with Crippen LogP contribution in [0.5, 0.6) is 0 Å². The summed E-state index contributed by atoms with van der Waals surface area (Å²) in [5.74, 6) is -1.01. The number of aryl methyl sites for hydroxylation is 2. The number of carboxylic acid groups (broad SMARTS) is 1. The van der Waals surface area contributed by atoms with Gasteiger partial charge >= 0.3 is 5.97 Å². The Morgan fingerprint density at radius 1 is 1.09 bits per heavy atom. The van der Waals surface area contributed by atoms with Gasteiger partial charge in [0.15, 0.2) is 0 Å². The third-order valence-corrected chi connectivity index (χ3v) is 3.94. The maximum absolute atomic E-state index is 12.3. The third-order valence-electron chi connectivity index (χ3n) is 3.94. The summed E-state index contributed by atoms with van der Waals surface area (Å²) in [5, 5.41) is 12.0. The molecule has 0 saturated heterocycles. The molecule has 2 aromatic carbocycles. The van der Waals surface area contributed by atoms with E-state index in [4.69, 9.17) is 0 Å². The van der Waals surface area contributed by atoms with Crippen LogP contribution in [0, 0.1) is 13.8 Å². The van der Waals surface area contributed by atoms with E-state index in [2.05, 4.69) is 5.32 Å². The van der Waals surface area contributed by atoms with Gasteiger partial charge in [-0.1, -0.05) is 43.3 Å². The molecule has 0 aliphatic carbocycles. The average molecular weight is 311 g/mol. The molecule has 0 aliphatic heterocycles. The number of benzene rings is 2. The Bertz CT molecular complexity index is 723. The SMILES string of the molecule is Cc1cc(C)c(C(=O)O)cc1NC(=O)CC(C)c1ccccc1. The minimum absolute atomic E-state index is 0.0981. The standard InChI is InChI=1S/C19H21NO3/c1-12(15-7-5-4-6-8-15)10-18(21)20-17-11-16(19(22)23)13(2)9-14(17)3/h4-9,11-12H,10H2,1-3H3,(H,20,21)(H,22,23). The molecule has 120 valence electrons. The highest BCUT2D eigenvalue weighted by molar-refractivity contribution is 5.95. The van der Waals surface area contributed by atoms with Gasteiger partial charge in [0.05, 0.1) is 5.56 Å². The van der Waals surface area contributed by atoms with Gasteiger partial charge in [0.2, 0.25) is 5.91 Å². The Balaban J connectivity index is 2.11. The monoisotopic (exact) mass is 311 g/mol. The predicted molar refractivity (Wildman–Crippen MR) is 91.0 cm³/mol. The average Bonchev–Trinajstić information content (AvgIpc) is 2.50. The Labute approximate surface area is 136 Å². The number of anilines is 1. The molecule has 2 aromatic rings. The Morgan fingerprint density at radius 2 is 1.74 bits per heavy atom. The lowest BCUT2D eigenvalue weighted by atomic mass is 9.97. The lowest BCUT2D eigenvalue weighted by molar-refractivity contribution is -0.116. The van der Waals surface area contributed by atoms with Crippen molar-refractivity contribution in [2.24, 2.45) is 0 Å². The quantitative estimate of drug-likeness (QED) is 0.872. The largest absolute Gasteiger partial charge is 0.478 e. The van der Waals surface area contributed by atoms with E-state index < -0.39 is 5.97 Å². The second-order valence-electron chi connectivity index (χ2n) is 5.85. The molecule has 23 heavy (non-hydrogen) atoms. The molecule has 0 radical (unpaired) electrons. The van der Waals surface area contributed by atoms with E-state index in [0.717, 1.165) is 11.1 Å². The Morgan fingerprint density at radius 3 is 2.35 bits per heavy atom. The number of nitrogens with one attached hydrogen (secondary N) is 1. The second kappa shape index (κ2) is 7.09. The molecule has 0 saturated carbocycles. The molecule has 0 aliphatic rings. The maximum Gasteiger partial charge on any atom is 0.336 e. The summed E-state index contributed by atoms with van der Waals surface area (Å²) in [7, 11) is 0. The number of amides is 1. The number of carbonyl (C=O) groups excluding carboxylic acids is 1. The number of rotatable bonds is 5. The summed E-state index contributed by atoms with van der Waals surface area (Å²) in [6.07, 6.45) is 0.347. The second-order valence-corrected chi connectivity index (χ2v) is 5.85. The smallest absolute Gasteiger partial charge is 0.336 e. The van der Waals surface area contributed by atoms with Crippen LogP contribution in [0.2, 0.25) is 0 Å². The van der Waals surface area contributed by atoms with Crippen LogP contribution in [0.1, 0.15) is 46.3 Å². The predicted octanol–water partition coefficient (Wildman–Crippen LogP) is 4.13. The van der Waals surface area contributed by atoms with Crippen molar-refractivity contribution < 1.29 is 14.7 Å². The molecule has 2 N–H and O–H groups in total. The molecule has 0 spiro atoms. The van der Waals surface area contributed by atoms with Crippen LogP contribution in [0.3, 0.4) is 0 Å². The molecule has 4 heteroatoms. The normalized spacial score (nSPS) is 11.8. The van der Waals surface area contributed by atoms with Crippen LogP contribution in [-0.2, 0) is 4.79 Å². The van der Waals surface area contributed by atoms with Gasteiger partial charge in [-0.05, 0) is 42.5 Å². The van der Waals surface area contributed by atoms with Gasteiger partial charge in [0, 0.05) is 12.1 Å². The van der Waals surface area contributed by atoms with E-state index in [9.17, 15) is 14.7 Å². The molecule has 0 bridgehead atoms. The molecule has 0 aromatic heterocycles. The summed E-state index contributed by atoms with van der Waals surface area (Å²) in [6, 6.07) is 13.1. The van der Waals surface area contributed by atoms with E-state index in [0.29, 0.717) is 17.7 Å². The first-order chi connectivity index (χ1) is 10.9. The summed E-state index contributed by atoms with van der Waals surface area (Å²) < 4.78 is 0. The van der Waals surface area contributed by atoms with Crippen molar-refractivity contribution in [1.82, 2.24) is 0 Å². The fourth-order valence-electron chi connectivity index (χ4n) is 2.60. The molecule has 2 rings (SSSR count). The summed E-state index contributed by atoms with van der Waals surface area (Å²) in [4.78, 5) is 23.5. The number of hydrogen-bond donors (Lipinski definition) is 2. The first-order valence-electron chi connectivity index (χ1n) is 7.58. The molecular formula is C19H21NO3. The molecular weight excluding hydrogens is 290 g/mol. The lowest BCUT2D eigenvalue weighted by Crippen LogP contribution is -2.16. The van der Waals surface area contributed by atoms with Gasteiger partial charge in [-0.3, -0.25) is 4.79 Å². The summed E-state index contributed by atoms with van der Waals surface area (Å²) in [5.41, 5.74) is 3.41. The van der Waals surface area contributed by atoms with Gasteiger partial charge < -0.3 is 10.4 Å². The van der Waals surface area contributed by atoms with Crippen LogP contribution >= 0.6 is 0 Å². The van der Waals surface area contributed by atoms with Gasteiger partial charge in [-0.25, -0.2) is 4.79 Å². The van der Waals surface area contributed by atoms with E-state index in [1.807, 2.05) is 44.2 Å². The Hall–Kier alpha value is -2.62. The van der Waals surface area contributed by atoms with Crippen molar-refractivity contribution in [1.29, 1.82) is 0 Å². The third kappa shape index (κ3) is 4.19. The number of aromatic carboxylic acids is 1. The first kappa shape index (κ1) is 16.7. The van der Waals surface area contributed by atoms with Crippen molar-refractivity contribution in [2.75, 3.05) is 5.32 Å². The summed E-state index contributed by atoms with van der Waals surface area (Å²) >= 11 is 0. The van der Waals surface area contributed by atoms with E-state index in [-0.39, 0.29) is 17.4 Å². The zero-order chi connectivity index (χ0) is 17.0. The van der Waals surface area contributed by atoms with Crippen LogP contribution in [0.15, 0.2) is 42.5 Å².